The van der Waals surface area contributed by atoms with Crippen molar-refractivity contribution in [3.63, 3.8) is 0 Å². The zero-order valence-corrected chi connectivity index (χ0v) is 23.6. The van der Waals surface area contributed by atoms with Crippen LogP contribution in [0.5, 0.6) is 5.75 Å². The van der Waals surface area contributed by atoms with Crippen LogP contribution >= 0.6 is 23.2 Å². The number of benzene rings is 2. The highest BCUT2D eigenvalue weighted by Gasteiger charge is 2.40. The number of alkyl halides is 3. The highest BCUT2D eigenvalue weighted by molar-refractivity contribution is 7.89. The molecule has 0 saturated carbocycles. The second kappa shape index (κ2) is 11.1. The van der Waals surface area contributed by atoms with E-state index in [1.165, 1.54) is 37.4 Å². The lowest BCUT2D eigenvalue weighted by Gasteiger charge is -2.24. The summed E-state index contributed by atoms with van der Waals surface area (Å²) in [5.41, 5.74) is -0.450. The van der Waals surface area contributed by atoms with Crippen molar-refractivity contribution in [2.24, 2.45) is 0 Å². The number of aromatic nitrogens is 1. The van der Waals surface area contributed by atoms with Gasteiger partial charge in [-0.3, -0.25) is 4.79 Å². The third kappa shape index (κ3) is 5.68. The van der Waals surface area contributed by atoms with Crippen LogP contribution in [-0.4, -0.2) is 43.2 Å². The van der Waals surface area contributed by atoms with Crippen molar-refractivity contribution in [3.05, 3.63) is 63.3 Å². The number of para-hydroxylation sites is 1. The minimum absolute atomic E-state index is 0.0116. The maximum absolute atomic E-state index is 13.8. The first kappa shape index (κ1) is 29.4. The fourth-order valence-electron chi connectivity index (χ4n) is 4.53. The standard InChI is InChI=1S/C26H26Cl2F3N3O4S/c1-14(2)19-12-17(26(29,30)31)15-6-4-8-21(24(15)33-19)38-13-16-18(27)9-10-22(23(16)28)39(36,37)34-11-5-7-20(34)25(35)32-3/h4,6,8-10,12,14,20H,5,7,11,13H2,1-3H3,(H,32,35)/t20-/m0/s1. The summed E-state index contributed by atoms with van der Waals surface area (Å²) in [6.45, 7) is 3.28. The molecule has 0 bridgehead atoms. The summed E-state index contributed by atoms with van der Waals surface area (Å²) in [5, 5.41) is 2.25. The van der Waals surface area contributed by atoms with E-state index in [0.29, 0.717) is 12.8 Å². The summed E-state index contributed by atoms with van der Waals surface area (Å²) in [5.74, 6) is -0.647. The summed E-state index contributed by atoms with van der Waals surface area (Å²) in [4.78, 5) is 16.4. The minimum atomic E-state index is -4.61. The Hall–Kier alpha value is -2.60. The van der Waals surface area contributed by atoms with Gasteiger partial charge in [0.15, 0.2) is 0 Å². The molecule has 0 radical (unpaired) electrons. The molecular weight excluding hydrogens is 578 g/mol. The molecule has 1 N–H and O–H groups in total. The lowest BCUT2D eigenvalue weighted by atomic mass is 10.0. The Kier molecular flexibility index (Phi) is 8.37. The summed E-state index contributed by atoms with van der Waals surface area (Å²) in [6.07, 6.45) is -3.74. The monoisotopic (exact) mass is 603 g/mol. The molecule has 1 amide bonds. The molecule has 1 aromatic heterocycles. The normalized spacial score (nSPS) is 16.7. The molecule has 0 unspecified atom stereocenters. The number of rotatable bonds is 7. The van der Waals surface area contributed by atoms with Gasteiger partial charge in [-0.25, -0.2) is 13.4 Å². The molecule has 1 aliphatic rings. The molecule has 0 spiro atoms. The Bertz CT molecular complexity index is 1530. The van der Waals surface area contributed by atoms with Gasteiger partial charge in [0.25, 0.3) is 0 Å². The van der Waals surface area contributed by atoms with E-state index in [9.17, 15) is 26.4 Å². The molecule has 2 aromatic carbocycles. The Balaban J connectivity index is 1.73. The van der Waals surface area contributed by atoms with Gasteiger partial charge in [0, 0.05) is 35.3 Å². The molecule has 1 saturated heterocycles. The van der Waals surface area contributed by atoms with Crippen molar-refractivity contribution >= 4 is 50.0 Å². The Morgan fingerprint density at radius 2 is 1.95 bits per heavy atom. The van der Waals surface area contributed by atoms with E-state index in [4.69, 9.17) is 27.9 Å². The number of ether oxygens (including phenoxy) is 1. The van der Waals surface area contributed by atoms with Crippen molar-refractivity contribution in [2.45, 2.75) is 56.3 Å². The number of halogens is 5. The number of pyridine rings is 1. The van der Waals surface area contributed by atoms with E-state index in [0.717, 1.165) is 10.4 Å². The number of hydrogen-bond donors (Lipinski definition) is 1. The first-order valence-electron chi connectivity index (χ1n) is 12.1. The largest absolute Gasteiger partial charge is 0.487 e. The van der Waals surface area contributed by atoms with Crippen LogP contribution in [0.4, 0.5) is 13.2 Å². The number of carbonyl (C=O) groups is 1. The molecule has 1 fully saturated rings. The molecule has 1 atom stereocenters. The number of nitrogens with zero attached hydrogens (tertiary/aromatic N) is 2. The first-order chi connectivity index (χ1) is 18.3. The number of likely N-dealkylation sites (N-methyl/N-ethyl adjacent to an activating group) is 1. The lowest BCUT2D eigenvalue weighted by Crippen LogP contribution is -2.44. The third-order valence-corrected chi connectivity index (χ3v) is 9.43. The molecule has 13 heteroatoms. The fourth-order valence-corrected chi connectivity index (χ4v) is 7.05. The Morgan fingerprint density at radius 1 is 1.23 bits per heavy atom. The van der Waals surface area contributed by atoms with Crippen LogP contribution in [0.25, 0.3) is 10.9 Å². The fraction of sp³-hybridized carbons (Fsp3) is 0.385. The zero-order chi connectivity index (χ0) is 28.7. The summed E-state index contributed by atoms with van der Waals surface area (Å²) < 4.78 is 75.5. The number of carbonyl (C=O) groups excluding carboxylic acids is 1. The van der Waals surface area contributed by atoms with Crippen LogP contribution in [0.3, 0.4) is 0 Å². The maximum atomic E-state index is 13.8. The highest BCUT2D eigenvalue weighted by atomic mass is 35.5. The molecule has 210 valence electrons. The quantitative estimate of drug-likeness (QED) is 0.349. The van der Waals surface area contributed by atoms with Gasteiger partial charge in [-0.1, -0.05) is 49.2 Å². The van der Waals surface area contributed by atoms with E-state index in [1.807, 2.05) is 0 Å². The van der Waals surface area contributed by atoms with Gasteiger partial charge in [0.1, 0.15) is 28.8 Å². The average molecular weight is 604 g/mol. The predicted molar refractivity (Wildman–Crippen MR) is 143 cm³/mol. The van der Waals surface area contributed by atoms with Crippen molar-refractivity contribution in [1.29, 1.82) is 0 Å². The summed E-state index contributed by atoms with van der Waals surface area (Å²) in [6, 6.07) is 6.97. The summed E-state index contributed by atoms with van der Waals surface area (Å²) >= 11 is 12.9. The van der Waals surface area contributed by atoms with Gasteiger partial charge < -0.3 is 10.1 Å². The topological polar surface area (TPSA) is 88.6 Å². The van der Waals surface area contributed by atoms with Gasteiger partial charge in [-0.2, -0.15) is 17.5 Å². The van der Waals surface area contributed by atoms with E-state index in [2.05, 4.69) is 10.3 Å². The smallest absolute Gasteiger partial charge is 0.417 e. The van der Waals surface area contributed by atoms with Gasteiger partial charge in [-0.15, -0.1) is 0 Å². The van der Waals surface area contributed by atoms with Crippen LogP contribution in [0.15, 0.2) is 41.3 Å². The van der Waals surface area contributed by atoms with Crippen molar-refractivity contribution in [1.82, 2.24) is 14.6 Å². The molecule has 3 aromatic rings. The van der Waals surface area contributed by atoms with E-state index in [-0.39, 0.29) is 61.9 Å². The van der Waals surface area contributed by atoms with Crippen LogP contribution in [0.1, 0.15) is 49.4 Å². The molecule has 2 heterocycles. The Labute approximate surface area is 234 Å². The van der Waals surface area contributed by atoms with E-state index in [1.54, 1.807) is 13.8 Å². The number of nitrogens with one attached hydrogen (secondary N) is 1. The number of amides is 1. The third-order valence-electron chi connectivity index (χ3n) is 6.58. The molecule has 4 rings (SSSR count). The van der Waals surface area contributed by atoms with E-state index < -0.39 is 33.7 Å². The minimum Gasteiger partial charge on any atom is -0.487 e. The zero-order valence-electron chi connectivity index (χ0n) is 21.3. The first-order valence-corrected chi connectivity index (χ1v) is 14.3. The van der Waals surface area contributed by atoms with Gasteiger partial charge in [-0.05, 0) is 43.0 Å². The number of sulfonamides is 1. The van der Waals surface area contributed by atoms with Crippen LogP contribution in [-0.2, 0) is 27.6 Å². The molecule has 39 heavy (non-hydrogen) atoms. The molecule has 1 aliphatic heterocycles. The van der Waals surface area contributed by atoms with E-state index >= 15 is 0 Å². The SMILES string of the molecule is CNC(=O)[C@@H]1CCCN1S(=O)(=O)c1ccc(Cl)c(COc2cccc3c(C(F)(F)F)cc(C(C)C)nc23)c1Cl. The van der Waals surface area contributed by atoms with Crippen molar-refractivity contribution < 1.29 is 31.1 Å². The molecule has 7 nitrogen and oxygen atoms in total. The van der Waals surface area contributed by atoms with Crippen molar-refractivity contribution in [3.8, 4) is 5.75 Å². The summed E-state index contributed by atoms with van der Waals surface area (Å²) in [7, 11) is -2.75. The number of hydrogen-bond acceptors (Lipinski definition) is 5. The number of fused-ring (bicyclic) bond motifs is 1. The van der Waals surface area contributed by atoms with Crippen molar-refractivity contribution in [2.75, 3.05) is 13.6 Å². The van der Waals surface area contributed by atoms with Gasteiger partial charge >= 0.3 is 6.18 Å². The second-order valence-corrected chi connectivity index (χ2v) is 12.1. The Morgan fingerprint density at radius 3 is 2.59 bits per heavy atom. The molecular formula is C26H26Cl2F3N3O4S. The maximum Gasteiger partial charge on any atom is 0.417 e. The highest BCUT2D eigenvalue weighted by Crippen LogP contribution is 2.40. The van der Waals surface area contributed by atoms with Gasteiger partial charge in [0.05, 0.1) is 10.6 Å². The predicted octanol–water partition coefficient (Wildman–Crippen LogP) is 6.16. The van der Waals surface area contributed by atoms with Crippen LogP contribution in [0, 0.1) is 0 Å². The van der Waals surface area contributed by atoms with Crippen LogP contribution in [0.2, 0.25) is 10.0 Å². The van der Waals surface area contributed by atoms with Gasteiger partial charge in [0.2, 0.25) is 15.9 Å². The second-order valence-electron chi connectivity index (χ2n) is 9.41. The molecule has 0 aliphatic carbocycles. The van der Waals surface area contributed by atoms with Crippen LogP contribution < -0.4 is 10.1 Å². The lowest BCUT2D eigenvalue weighted by molar-refractivity contribution is -0.136. The average Bonchev–Trinajstić information content (AvgIpc) is 3.38.